The Kier molecular flexibility index (Phi) is 3.39. The Balaban J connectivity index is 1.95. The van der Waals surface area contributed by atoms with Gasteiger partial charge in [0.2, 0.25) is 0 Å². The van der Waals surface area contributed by atoms with Crippen LogP contribution in [-0.2, 0) is 4.74 Å². The van der Waals surface area contributed by atoms with E-state index in [4.69, 9.17) is 4.74 Å². The van der Waals surface area contributed by atoms with Crippen molar-refractivity contribution < 1.29 is 19.0 Å². The molecule has 1 aliphatic rings. The topological polar surface area (TPSA) is 58.6 Å². The van der Waals surface area contributed by atoms with Gasteiger partial charge < -0.3 is 15.2 Å². The molecule has 2 N–H and O–H groups in total. The summed E-state index contributed by atoms with van der Waals surface area (Å²) in [4.78, 5) is 11.6. The van der Waals surface area contributed by atoms with Gasteiger partial charge in [0.25, 0.3) is 0 Å². The van der Waals surface area contributed by atoms with E-state index in [9.17, 15) is 14.3 Å². The van der Waals surface area contributed by atoms with Crippen LogP contribution >= 0.6 is 0 Å². The Morgan fingerprint density at radius 2 is 2.16 bits per heavy atom. The third-order valence-electron chi connectivity index (χ3n) is 2.91. The van der Waals surface area contributed by atoms with Crippen molar-refractivity contribution in [3.8, 4) is 5.75 Å². The fourth-order valence-electron chi connectivity index (χ4n) is 1.99. The van der Waals surface area contributed by atoms with Gasteiger partial charge in [-0.2, -0.15) is 0 Å². The molecule has 2 unspecified atom stereocenters. The summed E-state index contributed by atoms with van der Waals surface area (Å²) in [5, 5.41) is 12.3. The summed E-state index contributed by atoms with van der Waals surface area (Å²) in [6.45, 7) is 5.36. The molecule has 0 aliphatic heterocycles. The van der Waals surface area contributed by atoms with Crippen LogP contribution in [0.4, 0.5) is 9.18 Å². The molecule has 4 nitrogen and oxygen atoms in total. The van der Waals surface area contributed by atoms with Crippen LogP contribution in [0.1, 0.15) is 38.7 Å². The third-order valence-corrected chi connectivity index (χ3v) is 2.91. The van der Waals surface area contributed by atoms with Gasteiger partial charge in [-0.15, -0.1) is 0 Å². The molecule has 0 bridgehead atoms. The van der Waals surface area contributed by atoms with E-state index in [1.54, 1.807) is 32.9 Å². The fraction of sp³-hybridized carbons (Fsp3) is 0.500. The van der Waals surface area contributed by atoms with Crippen molar-refractivity contribution in [1.82, 2.24) is 5.32 Å². The predicted molar refractivity (Wildman–Crippen MR) is 68.6 cm³/mol. The molecule has 1 saturated carbocycles. The molecule has 0 spiro atoms. The molecule has 2 rings (SSSR count). The second-order valence-corrected chi connectivity index (χ2v) is 5.77. The Morgan fingerprint density at radius 3 is 2.79 bits per heavy atom. The number of carbonyl (C=O) groups excluding carboxylic acids is 1. The summed E-state index contributed by atoms with van der Waals surface area (Å²) in [5.41, 5.74) is -0.0174. The Hall–Kier alpha value is -1.78. The lowest BCUT2D eigenvalue weighted by Gasteiger charge is -2.19. The zero-order valence-corrected chi connectivity index (χ0v) is 11.2. The maximum Gasteiger partial charge on any atom is 0.407 e. The number of carbonyl (C=O) groups is 1. The minimum Gasteiger partial charge on any atom is -0.505 e. The van der Waals surface area contributed by atoms with Crippen molar-refractivity contribution >= 4 is 6.09 Å². The molecule has 1 aromatic carbocycles. The van der Waals surface area contributed by atoms with Crippen LogP contribution in [0.15, 0.2) is 18.2 Å². The average Bonchev–Trinajstić information content (AvgIpc) is 2.98. The molecule has 0 heterocycles. The number of halogens is 1. The Morgan fingerprint density at radius 1 is 1.47 bits per heavy atom. The lowest BCUT2D eigenvalue weighted by Crippen LogP contribution is -2.34. The predicted octanol–water partition coefficient (Wildman–Crippen LogP) is 2.91. The minimum atomic E-state index is -0.639. The first-order valence-corrected chi connectivity index (χ1v) is 6.25. The molecule has 2 atom stereocenters. The quantitative estimate of drug-likeness (QED) is 0.866. The number of ether oxygens (including phenoxy) is 1. The first-order chi connectivity index (χ1) is 8.78. The minimum absolute atomic E-state index is 0.0526. The standard InChI is InChI=1S/C14H18FNO3/c1-14(2,3)19-13(18)16-11-7-9(11)8-5-4-6-10(15)12(8)17/h4-6,9,11,17H,7H2,1-3H3,(H,16,18). The second kappa shape index (κ2) is 4.72. The zero-order chi connectivity index (χ0) is 14.2. The Bertz CT molecular complexity index is 496. The number of hydrogen-bond acceptors (Lipinski definition) is 3. The number of hydrogen-bond donors (Lipinski definition) is 2. The molecule has 1 aliphatic carbocycles. The number of para-hydroxylation sites is 1. The van der Waals surface area contributed by atoms with E-state index in [0.717, 1.165) is 0 Å². The van der Waals surface area contributed by atoms with Crippen LogP contribution in [-0.4, -0.2) is 22.8 Å². The molecule has 1 fully saturated rings. The highest BCUT2D eigenvalue weighted by atomic mass is 19.1. The SMILES string of the molecule is CC(C)(C)OC(=O)NC1CC1c1cccc(F)c1O. The van der Waals surface area contributed by atoms with Crippen LogP contribution in [0.3, 0.4) is 0 Å². The number of amides is 1. The number of nitrogens with one attached hydrogen (secondary N) is 1. The summed E-state index contributed by atoms with van der Waals surface area (Å²) in [6.07, 6.45) is 0.187. The summed E-state index contributed by atoms with van der Waals surface area (Å²) >= 11 is 0. The molecule has 1 amide bonds. The molecule has 19 heavy (non-hydrogen) atoms. The van der Waals surface area contributed by atoms with Crippen molar-refractivity contribution in [1.29, 1.82) is 0 Å². The normalized spacial score (nSPS) is 21.9. The molecule has 0 radical (unpaired) electrons. The van der Waals surface area contributed by atoms with Crippen LogP contribution in [0.5, 0.6) is 5.75 Å². The van der Waals surface area contributed by atoms with Crippen molar-refractivity contribution in [2.45, 2.75) is 44.8 Å². The smallest absolute Gasteiger partial charge is 0.407 e. The molecule has 1 aromatic rings. The molecule has 0 saturated heterocycles. The molecule has 104 valence electrons. The van der Waals surface area contributed by atoms with Gasteiger partial charge in [0, 0.05) is 17.5 Å². The van der Waals surface area contributed by atoms with E-state index < -0.39 is 17.5 Å². The number of aromatic hydroxyl groups is 1. The maximum atomic E-state index is 13.2. The van der Waals surface area contributed by atoms with Gasteiger partial charge in [-0.1, -0.05) is 12.1 Å². The van der Waals surface area contributed by atoms with E-state index in [-0.39, 0.29) is 17.7 Å². The van der Waals surface area contributed by atoms with Gasteiger partial charge in [-0.25, -0.2) is 9.18 Å². The number of rotatable bonds is 2. The third kappa shape index (κ3) is 3.36. The van der Waals surface area contributed by atoms with Crippen molar-refractivity contribution in [3.05, 3.63) is 29.6 Å². The van der Waals surface area contributed by atoms with Crippen molar-refractivity contribution in [2.75, 3.05) is 0 Å². The highest BCUT2D eigenvalue weighted by molar-refractivity contribution is 5.69. The summed E-state index contributed by atoms with van der Waals surface area (Å²) in [6, 6.07) is 4.31. The van der Waals surface area contributed by atoms with Gasteiger partial charge >= 0.3 is 6.09 Å². The van der Waals surface area contributed by atoms with Crippen LogP contribution in [0, 0.1) is 5.82 Å². The number of benzene rings is 1. The number of phenols is 1. The molecular formula is C14H18FNO3. The molecular weight excluding hydrogens is 249 g/mol. The summed E-state index contributed by atoms with van der Waals surface area (Å²) in [7, 11) is 0. The lowest BCUT2D eigenvalue weighted by molar-refractivity contribution is 0.0522. The number of phenolic OH excluding ortho intramolecular Hbond substituents is 1. The molecule has 5 heteroatoms. The van der Waals surface area contributed by atoms with Gasteiger partial charge in [-0.05, 0) is 33.3 Å². The first kappa shape index (κ1) is 13.6. The van der Waals surface area contributed by atoms with Gasteiger partial charge in [0.05, 0.1) is 0 Å². The fourth-order valence-corrected chi connectivity index (χ4v) is 1.99. The average molecular weight is 267 g/mol. The van der Waals surface area contributed by atoms with Gasteiger partial charge in [0.15, 0.2) is 11.6 Å². The lowest BCUT2D eigenvalue weighted by atomic mass is 10.1. The number of alkyl carbamates (subject to hydrolysis) is 1. The van der Waals surface area contributed by atoms with E-state index in [2.05, 4.69) is 5.32 Å². The second-order valence-electron chi connectivity index (χ2n) is 5.77. The highest BCUT2D eigenvalue weighted by Crippen LogP contribution is 2.45. The zero-order valence-electron chi connectivity index (χ0n) is 11.2. The maximum absolute atomic E-state index is 13.2. The monoisotopic (exact) mass is 267 g/mol. The largest absolute Gasteiger partial charge is 0.505 e. The van der Waals surface area contributed by atoms with Gasteiger partial charge in [-0.3, -0.25) is 0 Å². The van der Waals surface area contributed by atoms with Crippen molar-refractivity contribution in [3.63, 3.8) is 0 Å². The Labute approximate surface area is 111 Å². The first-order valence-electron chi connectivity index (χ1n) is 6.25. The van der Waals surface area contributed by atoms with E-state index in [0.29, 0.717) is 12.0 Å². The van der Waals surface area contributed by atoms with Crippen LogP contribution in [0.25, 0.3) is 0 Å². The molecule has 0 aromatic heterocycles. The van der Waals surface area contributed by atoms with Crippen molar-refractivity contribution in [2.24, 2.45) is 0 Å². The van der Waals surface area contributed by atoms with E-state index in [1.807, 2.05) is 0 Å². The highest BCUT2D eigenvalue weighted by Gasteiger charge is 2.42. The van der Waals surface area contributed by atoms with Crippen LogP contribution < -0.4 is 5.32 Å². The summed E-state index contributed by atoms with van der Waals surface area (Å²) in [5.74, 6) is -1.02. The summed E-state index contributed by atoms with van der Waals surface area (Å²) < 4.78 is 18.4. The van der Waals surface area contributed by atoms with E-state index in [1.165, 1.54) is 6.07 Å². The van der Waals surface area contributed by atoms with Gasteiger partial charge in [0.1, 0.15) is 5.60 Å². The van der Waals surface area contributed by atoms with E-state index >= 15 is 0 Å². The van der Waals surface area contributed by atoms with Crippen LogP contribution in [0.2, 0.25) is 0 Å².